The molecule has 1 atom stereocenters. The van der Waals surface area contributed by atoms with Gasteiger partial charge in [-0.1, -0.05) is 17.7 Å². The molecule has 1 saturated heterocycles. The summed E-state index contributed by atoms with van der Waals surface area (Å²) in [6, 6.07) is 11.1. The van der Waals surface area contributed by atoms with Gasteiger partial charge >= 0.3 is 5.97 Å². The van der Waals surface area contributed by atoms with E-state index in [1.807, 2.05) is 31.2 Å². The van der Waals surface area contributed by atoms with Gasteiger partial charge in [0.15, 0.2) is 5.60 Å². The fraction of sp³-hybridized carbons (Fsp3) is 0.625. The molecule has 2 aromatic rings. The zero-order chi connectivity index (χ0) is 30.3. The van der Waals surface area contributed by atoms with Crippen molar-refractivity contribution in [2.75, 3.05) is 43.6 Å². The second-order valence-corrected chi connectivity index (χ2v) is 12.5. The maximum Gasteiger partial charge on any atom is 0.338 e. The van der Waals surface area contributed by atoms with Crippen LogP contribution in [0.1, 0.15) is 65.2 Å². The second-order valence-electron chi connectivity index (χ2n) is 12.1. The van der Waals surface area contributed by atoms with Crippen LogP contribution in [-0.4, -0.2) is 72.6 Å². The Labute approximate surface area is 259 Å². The molecule has 2 saturated carbocycles. The Morgan fingerprint density at radius 3 is 2.60 bits per heavy atom. The number of nitriles is 1. The van der Waals surface area contributed by atoms with Crippen molar-refractivity contribution in [2.24, 2.45) is 5.41 Å². The van der Waals surface area contributed by atoms with Crippen LogP contribution in [0.15, 0.2) is 30.5 Å². The average molecular weight is 611 g/mol. The van der Waals surface area contributed by atoms with Crippen molar-refractivity contribution in [1.29, 1.82) is 5.26 Å². The van der Waals surface area contributed by atoms with E-state index in [0.717, 1.165) is 55.6 Å². The molecule has 11 heteroatoms. The summed E-state index contributed by atoms with van der Waals surface area (Å²) in [5, 5.41) is 20.9. The van der Waals surface area contributed by atoms with E-state index in [-0.39, 0.29) is 12.0 Å². The lowest BCUT2D eigenvalue weighted by molar-refractivity contribution is -0.160. The van der Waals surface area contributed by atoms with E-state index in [4.69, 9.17) is 30.8 Å². The summed E-state index contributed by atoms with van der Waals surface area (Å²) >= 11 is 6.58. The third-order valence-electron chi connectivity index (χ3n) is 8.74. The molecule has 0 amide bonds. The third kappa shape index (κ3) is 8.15. The minimum atomic E-state index is -0.712. The van der Waals surface area contributed by atoms with Crippen molar-refractivity contribution >= 4 is 29.2 Å². The quantitative estimate of drug-likeness (QED) is 0.255. The molecule has 3 N–H and O–H groups in total. The molecule has 10 nitrogen and oxygen atoms in total. The lowest BCUT2D eigenvalue weighted by Crippen LogP contribution is -2.44. The smallest absolute Gasteiger partial charge is 0.338 e. The van der Waals surface area contributed by atoms with Crippen LogP contribution in [0.3, 0.4) is 0 Å². The molecule has 2 aliphatic carbocycles. The van der Waals surface area contributed by atoms with E-state index in [0.29, 0.717) is 68.7 Å². The Morgan fingerprint density at radius 1 is 1.16 bits per heavy atom. The number of hydrogen-bond acceptors (Lipinski definition) is 10. The average Bonchev–Trinajstić information content (AvgIpc) is 3.83. The molecule has 5 rings (SSSR count). The number of rotatable bonds is 13. The summed E-state index contributed by atoms with van der Waals surface area (Å²) in [6.07, 6.45) is 8.69. The Balaban J connectivity index is 1.11. The number of nitrogens with zero attached hydrogens (tertiary/aromatic N) is 3. The minimum Gasteiger partial charge on any atom is -0.464 e. The second kappa shape index (κ2) is 14.2. The van der Waals surface area contributed by atoms with Gasteiger partial charge in [-0.25, -0.2) is 14.8 Å². The normalized spacial score (nSPS) is 23.0. The van der Waals surface area contributed by atoms with E-state index >= 15 is 0 Å². The first-order valence-electron chi connectivity index (χ1n) is 15.5. The SMILES string of the molecule is CCOC(=O)C1(OCC(C)NC2CCC(Nc3cc(-c4cccc(NCC5(C#N)CCOCC5)n4)c(Cl)cn3)CC2)CC1. The third-order valence-corrected chi connectivity index (χ3v) is 9.04. The van der Waals surface area contributed by atoms with Crippen LogP contribution in [0.5, 0.6) is 0 Å². The number of ether oxygens (including phenoxy) is 3. The molecule has 1 aliphatic heterocycles. The zero-order valence-electron chi connectivity index (χ0n) is 25.2. The number of anilines is 2. The Morgan fingerprint density at radius 2 is 1.91 bits per heavy atom. The predicted molar refractivity (Wildman–Crippen MR) is 166 cm³/mol. The number of carbonyl (C=O) groups excluding carboxylic acids is 1. The van der Waals surface area contributed by atoms with Crippen molar-refractivity contribution < 1.29 is 19.0 Å². The van der Waals surface area contributed by atoms with Crippen LogP contribution >= 0.6 is 11.6 Å². The van der Waals surface area contributed by atoms with Crippen LogP contribution in [0, 0.1) is 16.7 Å². The molecule has 43 heavy (non-hydrogen) atoms. The maximum atomic E-state index is 12.1. The molecule has 0 bridgehead atoms. The van der Waals surface area contributed by atoms with Crippen molar-refractivity contribution in [1.82, 2.24) is 15.3 Å². The molecule has 3 heterocycles. The predicted octanol–water partition coefficient (Wildman–Crippen LogP) is 5.34. The van der Waals surface area contributed by atoms with Gasteiger partial charge in [0.05, 0.1) is 35.4 Å². The molecule has 2 aromatic heterocycles. The van der Waals surface area contributed by atoms with Gasteiger partial charge in [-0.3, -0.25) is 0 Å². The highest BCUT2D eigenvalue weighted by atomic mass is 35.5. The molecule has 232 valence electrons. The number of nitrogens with one attached hydrogen (secondary N) is 3. The van der Waals surface area contributed by atoms with Crippen molar-refractivity contribution in [3.63, 3.8) is 0 Å². The Bertz CT molecular complexity index is 1280. The first-order chi connectivity index (χ1) is 20.8. The molecule has 1 unspecified atom stereocenters. The minimum absolute atomic E-state index is 0.154. The highest BCUT2D eigenvalue weighted by Gasteiger charge is 2.53. The highest BCUT2D eigenvalue weighted by molar-refractivity contribution is 6.33. The van der Waals surface area contributed by atoms with Gasteiger partial charge in [-0.2, -0.15) is 5.26 Å². The number of hydrogen-bond donors (Lipinski definition) is 3. The van der Waals surface area contributed by atoms with E-state index in [1.165, 1.54) is 0 Å². The van der Waals surface area contributed by atoms with Crippen LogP contribution in [-0.2, 0) is 19.0 Å². The number of carbonyl (C=O) groups is 1. The molecular formula is C32H43ClN6O4. The molecule has 0 spiro atoms. The lowest BCUT2D eigenvalue weighted by Gasteiger charge is -2.32. The number of aromatic nitrogens is 2. The number of pyridine rings is 2. The van der Waals surface area contributed by atoms with Gasteiger partial charge in [0.25, 0.3) is 0 Å². The van der Waals surface area contributed by atoms with E-state index in [9.17, 15) is 10.1 Å². The topological polar surface area (TPSA) is 130 Å². The van der Waals surface area contributed by atoms with Gasteiger partial charge in [-0.05, 0) is 83.4 Å². The van der Waals surface area contributed by atoms with Crippen LogP contribution in [0.4, 0.5) is 11.6 Å². The maximum absolute atomic E-state index is 12.1. The van der Waals surface area contributed by atoms with Crippen LogP contribution in [0.25, 0.3) is 11.3 Å². The number of halogens is 1. The molecule has 0 aromatic carbocycles. The lowest BCUT2D eigenvalue weighted by atomic mass is 9.82. The summed E-state index contributed by atoms with van der Waals surface area (Å²) in [4.78, 5) is 21.5. The number of esters is 1. The van der Waals surface area contributed by atoms with Crippen molar-refractivity contribution in [3.8, 4) is 17.3 Å². The molecule has 0 radical (unpaired) electrons. The van der Waals surface area contributed by atoms with Gasteiger partial charge in [0.2, 0.25) is 0 Å². The van der Waals surface area contributed by atoms with E-state index < -0.39 is 11.0 Å². The van der Waals surface area contributed by atoms with Crippen molar-refractivity contribution in [3.05, 3.63) is 35.5 Å². The Hall–Kier alpha value is -2.97. The van der Waals surface area contributed by atoms with Gasteiger partial charge in [0, 0.05) is 49.6 Å². The molecule has 3 fully saturated rings. The summed E-state index contributed by atoms with van der Waals surface area (Å²) < 4.78 is 16.6. The fourth-order valence-corrected chi connectivity index (χ4v) is 6.08. The summed E-state index contributed by atoms with van der Waals surface area (Å²) in [5.74, 6) is 1.25. The monoisotopic (exact) mass is 610 g/mol. The highest BCUT2D eigenvalue weighted by Crippen LogP contribution is 2.41. The molecular weight excluding hydrogens is 568 g/mol. The summed E-state index contributed by atoms with van der Waals surface area (Å²) in [5.41, 5.74) is 0.407. The van der Waals surface area contributed by atoms with Crippen LogP contribution < -0.4 is 16.0 Å². The van der Waals surface area contributed by atoms with E-state index in [2.05, 4.69) is 33.9 Å². The molecule has 3 aliphatic rings. The van der Waals surface area contributed by atoms with Crippen molar-refractivity contribution in [2.45, 2.75) is 88.9 Å². The first-order valence-corrected chi connectivity index (χ1v) is 15.9. The fourth-order valence-electron chi connectivity index (χ4n) is 5.88. The van der Waals surface area contributed by atoms with Gasteiger partial charge in [-0.15, -0.1) is 0 Å². The Kier molecular flexibility index (Phi) is 10.4. The zero-order valence-corrected chi connectivity index (χ0v) is 25.9. The van der Waals surface area contributed by atoms with Gasteiger partial charge < -0.3 is 30.2 Å². The largest absolute Gasteiger partial charge is 0.464 e. The van der Waals surface area contributed by atoms with Crippen LogP contribution in [0.2, 0.25) is 5.02 Å². The van der Waals surface area contributed by atoms with E-state index in [1.54, 1.807) is 6.20 Å². The first kappa shape index (κ1) is 31.5. The van der Waals surface area contributed by atoms with Gasteiger partial charge in [0.1, 0.15) is 11.6 Å². The summed E-state index contributed by atoms with van der Waals surface area (Å²) in [7, 11) is 0. The summed E-state index contributed by atoms with van der Waals surface area (Å²) in [6.45, 7) is 6.54. The standard InChI is InChI=1S/C32H43ClN6O4/c1-3-42-30(40)32(11-12-32)43-19-22(2)37-23-7-9-24(10-8-23)38-29-17-25(26(33)18-35-29)27-5-4-6-28(39-27)36-21-31(20-34)13-15-41-16-14-31/h4-6,17-18,22-24,37H,3,7-16,19,21H2,1-2H3,(H,35,38)(H,36,39).